The third kappa shape index (κ3) is 12.9. The predicted octanol–water partition coefficient (Wildman–Crippen LogP) is 3.14. The Bertz CT molecular complexity index is 1150. The first kappa shape index (κ1) is 38.3. The first-order valence-corrected chi connectivity index (χ1v) is 16.2. The molecular formula is C33H54N6O7. The molecule has 258 valence electrons. The highest BCUT2D eigenvalue weighted by atomic mass is 16.6. The van der Waals surface area contributed by atoms with Crippen LogP contribution < -0.4 is 26.6 Å². The number of carbonyl (C=O) groups is 5. The number of para-hydroxylation sites is 1. The summed E-state index contributed by atoms with van der Waals surface area (Å²) in [6.45, 7) is 13.0. The minimum atomic E-state index is -1.00. The topological polar surface area (TPSA) is 178 Å². The van der Waals surface area contributed by atoms with Gasteiger partial charge in [0.2, 0.25) is 17.7 Å². The molecule has 1 fully saturated rings. The maximum absolute atomic E-state index is 13.8. The number of anilines is 1. The van der Waals surface area contributed by atoms with Crippen LogP contribution in [0.3, 0.4) is 0 Å². The van der Waals surface area contributed by atoms with Crippen LogP contribution in [0.4, 0.5) is 15.3 Å². The number of carbonyl (C=O) groups excluding carboxylic acids is 5. The van der Waals surface area contributed by atoms with E-state index in [1.807, 2.05) is 32.0 Å². The minimum absolute atomic E-state index is 0.0128. The number of alkyl carbamates (subject to hydrolysis) is 1. The van der Waals surface area contributed by atoms with Gasteiger partial charge in [0.25, 0.3) is 0 Å². The number of hydrogen-bond donors (Lipinski definition) is 6. The van der Waals surface area contributed by atoms with Crippen molar-refractivity contribution in [2.75, 3.05) is 25.0 Å². The van der Waals surface area contributed by atoms with Crippen molar-refractivity contribution in [3.05, 3.63) is 30.3 Å². The number of ether oxygens (including phenoxy) is 1. The van der Waals surface area contributed by atoms with Crippen molar-refractivity contribution >= 4 is 35.5 Å². The van der Waals surface area contributed by atoms with Crippen molar-refractivity contribution in [3.8, 4) is 0 Å². The fraction of sp³-hybridized carbons (Fsp3) is 0.667. The quantitative estimate of drug-likeness (QED) is 0.159. The Balaban J connectivity index is 2.06. The monoisotopic (exact) mass is 646 g/mol. The molecule has 13 heteroatoms. The zero-order chi connectivity index (χ0) is 34.4. The van der Waals surface area contributed by atoms with Gasteiger partial charge in [-0.1, -0.05) is 45.9 Å². The molecule has 2 rings (SSSR count). The molecule has 1 saturated heterocycles. The molecule has 4 atom stereocenters. The molecule has 13 nitrogen and oxygen atoms in total. The summed E-state index contributed by atoms with van der Waals surface area (Å²) in [6, 6.07) is 5.60. The number of unbranched alkanes of at least 4 members (excludes halogenated alkanes) is 1. The maximum Gasteiger partial charge on any atom is 0.408 e. The van der Waals surface area contributed by atoms with Crippen LogP contribution >= 0.6 is 0 Å². The van der Waals surface area contributed by atoms with Gasteiger partial charge in [-0.3, -0.25) is 14.4 Å². The number of hydrogen-bond acceptors (Lipinski definition) is 7. The number of benzene rings is 1. The Hall–Kier alpha value is -3.87. The number of urea groups is 1. The van der Waals surface area contributed by atoms with Crippen LogP contribution in [0.15, 0.2) is 30.3 Å². The highest BCUT2D eigenvalue weighted by molar-refractivity contribution is 5.94. The van der Waals surface area contributed by atoms with E-state index in [1.54, 1.807) is 46.8 Å². The summed E-state index contributed by atoms with van der Waals surface area (Å²) in [4.78, 5) is 66.8. The summed E-state index contributed by atoms with van der Waals surface area (Å²) < 4.78 is 5.38. The summed E-state index contributed by atoms with van der Waals surface area (Å²) in [5.74, 6) is -1.55. The van der Waals surface area contributed by atoms with Gasteiger partial charge in [-0.15, -0.1) is 0 Å². The van der Waals surface area contributed by atoms with Crippen LogP contribution in [-0.2, 0) is 19.1 Å². The van der Waals surface area contributed by atoms with Gasteiger partial charge in [-0.25, -0.2) is 9.59 Å². The molecule has 0 aliphatic carbocycles. The lowest BCUT2D eigenvalue weighted by Crippen LogP contribution is -2.59. The number of rotatable bonds is 15. The van der Waals surface area contributed by atoms with E-state index in [-0.39, 0.29) is 42.7 Å². The van der Waals surface area contributed by atoms with Crippen molar-refractivity contribution in [2.24, 2.45) is 11.8 Å². The normalized spacial score (nSPS) is 16.7. The standard InChI is InChI=1S/C33H54N6O7/c1-21(2)25(20-40)36-29(42)26-17-13-19-39(26)30(43)27(22(3)4)38-28(41)24(37-32(45)46-33(5,6)7)16-11-12-18-34-31(44)35-23-14-9-8-10-15-23/h8-10,14-15,21-22,24-27,40H,11-13,16-20H2,1-7H3,(H,36,42)(H,37,45)(H,38,41)(H2,34,35,44)/t24-,25+,26-,27-/m0/s1. The Morgan fingerprint density at radius 1 is 0.957 bits per heavy atom. The van der Waals surface area contributed by atoms with Crippen LogP contribution in [0.2, 0.25) is 0 Å². The Morgan fingerprint density at radius 3 is 2.22 bits per heavy atom. The highest BCUT2D eigenvalue weighted by Crippen LogP contribution is 2.21. The van der Waals surface area contributed by atoms with Gasteiger partial charge in [0.15, 0.2) is 0 Å². The summed E-state index contributed by atoms with van der Waals surface area (Å²) in [5, 5.41) is 23.5. The van der Waals surface area contributed by atoms with Crippen molar-refractivity contribution in [1.29, 1.82) is 0 Å². The third-order valence-corrected chi connectivity index (χ3v) is 7.64. The van der Waals surface area contributed by atoms with Gasteiger partial charge in [-0.2, -0.15) is 0 Å². The average Bonchev–Trinajstić information content (AvgIpc) is 3.47. The van der Waals surface area contributed by atoms with E-state index in [9.17, 15) is 29.1 Å². The fourth-order valence-electron chi connectivity index (χ4n) is 5.04. The van der Waals surface area contributed by atoms with E-state index < -0.39 is 41.8 Å². The lowest BCUT2D eigenvalue weighted by Gasteiger charge is -2.32. The smallest absolute Gasteiger partial charge is 0.408 e. The van der Waals surface area contributed by atoms with Crippen LogP contribution in [0.25, 0.3) is 0 Å². The van der Waals surface area contributed by atoms with Crippen LogP contribution in [0.1, 0.15) is 80.6 Å². The van der Waals surface area contributed by atoms with Crippen molar-refractivity contribution in [3.63, 3.8) is 0 Å². The first-order valence-electron chi connectivity index (χ1n) is 16.2. The van der Waals surface area contributed by atoms with E-state index in [2.05, 4.69) is 26.6 Å². The van der Waals surface area contributed by atoms with Gasteiger partial charge < -0.3 is 41.3 Å². The number of likely N-dealkylation sites (tertiary alicyclic amines) is 1. The third-order valence-electron chi connectivity index (χ3n) is 7.64. The summed E-state index contributed by atoms with van der Waals surface area (Å²) in [5.41, 5.74) is -0.119. The fourth-order valence-corrected chi connectivity index (χ4v) is 5.04. The molecule has 1 aliphatic rings. The van der Waals surface area contributed by atoms with Crippen molar-refractivity contribution in [1.82, 2.24) is 26.2 Å². The number of nitrogens with one attached hydrogen (secondary N) is 5. The summed E-state index contributed by atoms with van der Waals surface area (Å²) in [6.07, 6.45) is 1.60. The summed E-state index contributed by atoms with van der Waals surface area (Å²) in [7, 11) is 0. The van der Waals surface area contributed by atoms with E-state index in [1.165, 1.54) is 4.90 Å². The zero-order valence-corrected chi connectivity index (χ0v) is 28.4. The second-order valence-corrected chi connectivity index (χ2v) is 13.4. The SMILES string of the molecule is CC(C)[C@H](NC(=O)[C@H](CCCCNC(=O)Nc1ccccc1)NC(=O)OC(C)(C)C)C(=O)N1CCC[C@H]1C(=O)N[C@H](CO)C(C)C. The van der Waals surface area contributed by atoms with Crippen molar-refractivity contribution in [2.45, 2.75) is 110 Å². The van der Waals surface area contributed by atoms with E-state index in [4.69, 9.17) is 4.74 Å². The first-order chi connectivity index (χ1) is 21.6. The Kier molecular flexibility index (Phi) is 15.3. The maximum atomic E-state index is 13.8. The average molecular weight is 647 g/mol. The minimum Gasteiger partial charge on any atom is -0.444 e. The van der Waals surface area contributed by atoms with Gasteiger partial charge >= 0.3 is 12.1 Å². The molecule has 1 aromatic carbocycles. The van der Waals surface area contributed by atoms with Crippen molar-refractivity contribution < 1.29 is 33.8 Å². The van der Waals surface area contributed by atoms with E-state index in [0.717, 1.165) is 0 Å². The Morgan fingerprint density at radius 2 is 1.63 bits per heavy atom. The molecule has 1 aromatic rings. The molecule has 1 heterocycles. The van der Waals surface area contributed by atoms with Gasteiger partial charge in [0.05, 0.1) is 12.6 Å². The van der Waals surface area contributed by atoms with E-state index >= 15 is 0 Å². The summed E-state index contributed by atoms with van der Waals surface area (Å²) >= 11 is 0. The highest BCUT2D eigenvalue weighted by Gasteiger charge is 2.40. The molecule has 6 amide bonds. The lowest BCUT2D eigenvalue weighted by atomic mass is 10.0. The molecule has 0 radical (unpaired) electrons. The number of nitrogens with zero attached hydrogens (tertiary/aromatic N) is 1. The lowest BCUT2D eigenvalue weighted by molar-refractivity contribution is -0.143. The van der Waals surface area contributed by atoms with Gasteiger partial charge in [-0.05, 0) is 76.8 Å². The molecule has 6 N–H and O–H groups in total. The van der Waals surface area contributed by atoms with Gasteiger partial charge in [0, 0.05) is 18.8 Å². The molecule has 0 saturated carbocycles. The largest absolute Gasteiger partial charge is 0.444 e. The van der Waals surface area contributed by atoms with Gasteiger partial charge in [0.1, 0.15) is 23.7 Å². The molecule has 0 unspecified atom stereocenters. The molecule has 46 heavy (non-hydrogen) atoms. The molecule has 0 aromatic heterocycles. The van der Waals surface area contributed by atoms with E-state index in [0.29, 0.717) is 44.5 Å². The molecule has 1 aliphatic heterocycles. The molecular weight excluding hydrogens is 592 g/mol. The second kappa shape index (κ2) is 18.3. The zero-order valence-electron chi connectivity index (χ0n) is 28.4. The Labute approximate surface area is 273 Å². The number of aliphatic hydroxyl groups is 1. The van der Waals surface area contributed by atoms with Crippen LogP contribution in [-0.4, -0.2) is 89.3 Å². The number of amides is 6. The molecule has 0 bridgehead atoms. The predicted molar refractivity (Wildman–Crippen MR) is 176 cm³/mol. The second-order valence-electron chi connectivity index (χ2n) is 13.4. The van der Waals surface area contributed by atoms with Crippen LogP contribution in [0, 0.1) is 11.8 Å². The molecule has 0 spiro atoms. The number of aliphatic hydroxyl groups excluding tert-OH is 1. The van der Waals surface area contributed by atoms with Crippen LogP contribution in [0.5, 0.6) is 0 Å².